The zero-order chi connectivity index (χ0) is 18.0. The number of hydrogen-bond donors (Lipinski definition) is 2. The van der Waals surface area contributed by atoms with Gasteiger partial charge in [0.05, 0.1) is 11.3 Å². The van der Waals surface area contributed by atoms with Crippen LogP contribution in [0.4, 0.5) is 4.39 Å². The molecule has 6 heteroatoms. The molecule has 1 heterocycles. The number of benzene rings is 1. The van der Waals surface area contributed by atoms with Crippen LogP contribution < -0.4 is 5.32 Å². The molecule has 1 aromatic carbocycles. The molecular weight excluding hydrogens is 323 g/mol. The van der Waals surface area contributed by atoms with Crippen LogP contribution in [0.5, 0.6) is 0 Å². The quantitative estimate of drug-likeness (QED) is 0.875. The lowest BCUT2D eigenvalue weighted by atomic mass is 9.72. The summed E-state index contributed by atoms with van der Waals surface area (Å²) in [5.74, 6) is -1.70. The second-order valence-electron chi connectivity index (χ2n) is 6.53. The number of carbonyl (C=O) groups excluding carboxylic acids is 1. The van der Waals surface area contributed by atoms with E-state index in [9.17, 15) is 14.0 Å². The Kier molecular flexibility index (Phi) is 4.53. The number of rotatable bonds is 5. The molecule has 5 nitrogen and oxygen atoms in total. The predicted molar refractivity (Wildman–Crippen MR) is 90.1 cm³/mol. The standard InChI is InChI=1S/C19H19FN2O3/c1-12-15(18(24)25)6-7-16(21-12)17(23)22-19(8-3-9-19)11-13-4-2-5-14(20)10-13/h2,4-7,10H,3,8-9,11H2,1H3,(H,22,23)(H,24,25). The number of aryl methyl sites for hydroxylation is 1. The molecule has 0 spiro atoms. The van der Waals surface area contributed by atoms with E-state index in [-0.39, 0.29) is 23.0 Å². The molecule has 1 aromatic heterocycles. The summed E-state index contributed by atoms with van der Waals surface area (Å²) in [5.41, 5.74) is 1.01. The summed E-state index contributed by atoms with van der Waals surface area (Å²) >= 11 is 0. The number of pyridine rings is 1. The lowest BCUT2D eigenvalue weighted by molar-refractivity contribution is 0.0693. The third-order valence-corrected chi connectivity index (χ3v) is 4.67. The smallest absolute Gasteiger partial charge is 0.337 e. The summed E-state index contributed by atoms with van der Waals surface area (Å²) in [6, 6.07) is 9.19. The fraction of sp³-hybridized carbons (Fsp3) is 0.316. The molecule has 0 radical (unpaired) electrons. The molecule has 2 aromatic rings. The molecule has 1 saturated carbocycles. The van der Waals surface area contributed by atoms with Crippen molar-refractivity contribution >= 4 is 11.9 Å². The molecule has 0 bridgehead atoms. The van der Waals surface area contributed by atoms with Gasteiger partial charge in [0.2, 0.25) is 0 Å². The Bertz CT molecular complexity index is 831. The minimum atomic E-state index is -1.07. The van der Waals surface area contributed by atoms with Gasteiger partial charge in [-0.25, -0.2) is 14.2 Å². The Labute approximate surface area is 144 Å². The summed E-state index contributed by atoms with van der Waals surface area (Å²) in [6.45, 7) is 1.56. The lowest BCUT2D eigenvalue weighted by Crippen LogP contribution is -2.55. The van der Waals surface area contributed by atoms with Crippen molar-refractivity contribution in [2.75, 3.05) is 0 Å². The minimum absolute atomic E-state index is 0.0784. The van der Waals surface area contributed by atoms with Gasteiger partial charge in [-0.1, -0.05) is 12.1 Å². The first-order chi connectivity index (χ1) is 11.9. The highest BCUT2D eigenvalue weighted by atomic mass is 19.1. The minimum Gasteiger partial charge on any atom is -0.478 e. The maximum Gasteiger partial charge on any atom is 0.337 e. The van der Waals surface area contributed by atoms with Gasteiger partial charge in [0, 0.05) is 5.54 Å². The monoisotopic (exact) mass is 342 g/mol. The van der Waals surface area contributed by atoms with E-state index in [1.54, 1.807) is 13.0 Å². The van der Waals surface area contributed by atoms with E-state index in [1.807, 2.05) is 6.07 Å². The van der Waals surface area contributed by atoms with Gasteiger partial charge in [-0.3, -0.25) is 4.79 Å². The number of carboxylic acid groups (broad SMARTS) is 1. The third-order valence-electron chi connectivity index (χ3n) is 4.67. The number of aromatic carboxylic acids is 1. The topological polar surface area (TPSA) is 79.3 Å². The van der Waals surface area contributed by atoms with Crippen LogP contribution in [-0.2, 0) is 6.42 Å². The van der Waals surface area contributed by atoms with Crippen LogP contribution in [0.1, 0.15) is 51.4 Å². The van der Waals surface area contributed by atoms with Crippen LogP contribution in [0, 0.1) is 12.7 Å². The molecule has 1 aliphatic rings. The van der Waals surface area contributed by atoms with E-state index in [4.69, 9.17) is 5.11 Å². The van der Waals surface area contributed by atoms with Crippen LogP contribution in [0.2, 0.25) is 0 Å². The fourth-order valence-corrected chi connectivity index (χ4v) is 3.21. The highest BCUT2D eigenvalue weighted by molar-refractivity contribution is 5.95. The number of carboxylic acids is 1. The molecule has 1 amide bonds. The van der Waals surface area contributed by atoms with Gasteiger partial charge in [0.1, 0.15) is 11.5 Å². The average molecular weight is 342 g/mol. The van der Waals surface area contributed by atoms with Crippen molar-refractivity contribution in [3.05, 3.63) is 64.7 Å². The number of carbonyl (C=O) groups is 2. The summed E-state index contributed by atoms with van der Waals surface area (Å²) in [5, 5.41) is 12.1. The predicted octanol–water partition coefficient (Wildman–Crippen LogP) is 3.12. The number of halogens is 1. The Morgan fingerprint density at radius 3 is 2.60 bits per heavy atom. The van der Waals surface area contributed by atoms with E-state index in [0.717, 1.165) is 24.8 Å². The molecule has 0 unspecified atom stereocenters. The van der Waals surface area contributed by atoms with Gasteiger partial charge in [-0.05, 0) is 62.4 Å². The van der Waals surface area contributed by atoms with Crippen molar-refractivity contribution in [3.8, 4) is 0 Å². The van der Waals surface area contributed by atoms with Crippen molar-refractivity contribution in [2.24, 2.45) is 0 Å². The lowest BCUT2D eigenvalue weighted by Gasteiger charge is -2.42. The van der Waals surface area contributed by atoms with E-state index < -0.39 is 11.5 Å². The van der Waals surface area contributed by atoms with Crippen LogP contribution in [0.3, 0.4) is 0 Å². The molecule has 0 atom stereocenters. The van der Waals surface area contributed by atoms with E-state index in [0.29, 0.717) is 12.1 Å². The average Bonchev–Trinajstić information content (AvgIpc) is 2.52. The number of hydrogen-bond acceptors (Lipinski definition) is 3. The highest BCUT2D eigenvalue weighted by Crippen LogP contribution is 2.35. The van der Waals surface area contributed by atoms with Crippen LogP contribution in [0.15, 0.2) is 36.4 Å². The molecule has 130 valence electrons. The maximum atomic E-state index is 13.4. The maximum absolute atomic E-state index is 13.4. The van der Waals surface area contributed by atoms with Gasteiger partial charge in [0.25, 0.3) is 5.91 Å². The largest absolute Gasteiger partial charge is 0.478 e. The van der Waals surface area contributed by atoms with Crippen molar-refractivity contribution in [1.29, 1.82) is 0 Å². The van der Waals surface area contributed by atoms with Crippen LogP contribution in [-0.4, -0.2) is 27.5 Å². The van der Waals surface area contributed by atoms with Crippen LogP contribution in [0.25, 0.3) is 0 Å². The highest BCUT2D eigenvalue weighted by Gasteiger charge is 2.38. The Hall–Kier alpha value is -2.76. The molecule has 0 aliphatic heterocycles. The van der Waals surface area contributed by atoms with Crippen molar-refractivity contribution < 1.29 is 19.1 Å². The molecule has 3 rings (SSSR count). The first kappa shape index (κ1) is 17.1. The SMILES string of the molecule is Cc1nc(C(=O)NC2(Cc3cccc(F)c3)CCC2)ccc1C(=O)O. The van der Waals surface area contributed by atoms with Gasteiger partial charge in [-0.2, -0.15) is 0 Å². The summed E-state index contributed by atoms with van der Waals surface area (Å²) in [7, 11) is 0. The van der Waals surface area contributed by atoms with Crippen LogP contribution >= 0.6 is 0 Å². The first-order valence-corrected chi connectivity index (χ1v) is 8.16. The second-order valence-corrected chi connectivity index (χ2v) is 6.53. The Morgan fingerprint density at radius 1 is 1.28 bits per heavy atom. The Balaban J connectivity index is 1.76. The molecular formula is C19H19FN2O3. The summed E-state index contributed by atoms with van der Waals surface area (Å²) < 4.78 is 13.4. The van der Waals surface area contributed by atoms with Crippen molar-refractivity contribution in [2.45, 2.75) is 38.1 Å². The van der Waals surface area contributed by atoms with Crippen molar-refractivity contribution in [1.82, 2.24) is 10.3 Å². The number of amides is 1. The number of nitrogens with one attached hydrogen (secondary N) is 1. The van der Waals surface area contributed by atoms with E-state index >= 15 is 0 Å². The summed E-state index contributed by atoms with van der Waals surface area (Å²) in [4.78, 5) is 27.7. The first-order valence-electron chi connectivity index (χ1n) is 8.16. The Morgan fingerprint density at radius 2 is 2.04 bits per heavy atom. The van der Waals surface area contributed by atoms with Crippen molar-refractivity contribution in [3.63, 3.8) is 0 Å². The second kappa shape index (κ2) is 6.63. The van der Waals surface area contributed by atoms with E-state index in [2.05, 4.69) is 10.3 Å². The zero-order valence-electron chi connectivity index (χ0n) is 13.9. The fourth-order valence-electron chi connectivity index (χ4n) is 3.21. The molecule has 0 saturated heterocycles. The summed E-state index contributed by atoms with van der Waals surface area (Å²) in [6.07, 6.45) is 3.20. The molecule has 25 heavy (non-hydrogen) atoms. The molecule has 1 aliphatic carbocycles. The number of nitrogens with zero attached hydrogens (tertiary/aromatic N) is 1. The van der Waals surface area contributed by atoms with E-state index in [1.165, 1.54) is 24.3 Å². The van der Waals surface area contributed by atoms with Gasteiger partial charge in [0.15, 0.2) is 0 Å². The van der Waals surface area contributed by atoms with Gasteiger partial charge < -0.3 is 10.4 Å². The molecule has 1 fully saturated rings. The van der Waals surface area contributed by atoms with Gasteiger partial charge >= 0.3 is 5.97 Å². The van der Waals surface area contributed by atoms with Gasteiger partial charge in [-0.15, -0.1) is 0 Å². The normalized spacial score (nSPS) is 15.3. The number of aromatic nitrogens is 1. The molecule has 2 N–H and O–H groups in total. The third kappa shape index (κ3) is 3.68. The zero-order valence-corrected chi connectivity index (χ0v) is 13.9.